The van der Waals surface area contributed by atoms with Crippen molar-refractivity contribution in [2.75, 3.05) is 0 Å². The van der Waals surface area contributed by atoms with Crippen LogP contribution in [0.3, 0.4) is 0 Å². The van der Waals surface area contributed by atoms with Crippen LogP contribution in [0.15, 0.2) is 48.6 Å². The Hall–Kier alpha value is -0.326. The molecule has 0 spiro atoms. The Morgan fingerprint density at radius 1 is 0.565 bits per heavy atom. The van der Waals surface area contributed by atoms with Crippen LogP contribution in [-0.2, 0) is 21.7 Å². The Morgan fingerprint density at radius 2 is 0.957 bits per heavy atom. The summed E-state index contributed by atoms with van der Waals surface area (Å²) in [7, 11) is 0. The molecule has 4 rings (SSSR count). The Balaban J connectivity index is 0.000000882. The van der Waals surface area contributed by atoms with Crippen molar-refractivity contribution in [3.8, 4) is 0 Å². The van der Waals surface area contributed by atoms with E-state index < -0.39 is 0 Å². The minimum atomic E-state index is 0. The second-order valence-electron chi connectivity index (χ2n) is 7.27. The van der Waals surface area contributed by atoms with Gasteiger partial charge in [0.15, 0.2) is 0 Å². The molecular formula is C22H32Ti+2. The summed E-state index contributed by atoms with van der Waals surface area (Å²) in [5.74, 6) is 5.36. The zero-order valence-electron chi connectivity index (χ0n) is 14.8. The van der Waals surface area contributed by atoms with E-state index in [9.17, 15) is 0 Å². The zero-order valence-corrected chi connectivity index (χ0v) is 16.4. The first-order chi connectivity index (χ1) is 9.92. The van der Waals surface area contributed by atoms with Crippen molar-refractivity contribution in [1.29, 1.82) is 0 Å². The topological polar surface area (TPSA) is 0 Å². The SMILES string of the molecule is C1=CC2CCC(CCC3CCC4C=CC=CC43)C2C=C1.[CH3-].[CH3-].[Ti+4]. The first-order valence-electron chi connectivity index (χ1n) is 8.62. The molecule has 0 nitrogen and oxygen atoms in total. The molecule has 0 amide bonds. The van der Waals surface area contributed by atoms with E-state index in [0.29, 0.717) is 0 Å². The van der Waals surface area contributed by atoms with Crippen LogP contribution in [-0.4, -0.2) is 0 Å². The predicted molar refractivity (Wildman–Crippen MR) is 98.0 cm³/mol. The maximum atomic E-state index is 2.49. The van der Waals surface area contributed by atoms with Gasteiger partial charge in [-0.05, 0) is 74.0 Å². The van der Waals surface area contributed by atoms with Crippen LogP contribution >= 0.6 is 0 Å². The first-order valence-corrected chi connectivity index (χ1v) is 8.62. The summed E-state index contributed by atoms with van der Waals surface area (Å²) in [6.45, 7) is 0. The summed E-state index contributed by atoms with van der Waals surface area (Å²) in [6, 6.07) is 0. The number of allylic oxidation sites excluding steroid dienone is 8. The molecule has 0 N–H and O–H groups in total. The van der Waals surface area contributed by atoms with Crippen LogP contribution in [0.1, 0.15) is 38.5 Å². The van der Waals surface area contributed by atoms with Crippen molar-refractivity contribution < 1.29 is 21.7 Å². The molecule has 2 saturated carbocycles. The maximum Gasteiger partial charge on any atom is 4.00 e. The molecule has 0 radical (unpaired) electrons. The van der Waals surface area contributed by atoms with E-state index in [4.69, 9.17) is 0 Å². The molecule has 0 aromatic rings. The quantitative estimate of drug-likeness (QED) is 0.422. The molecule has 4 aliphatic carbocycles. The van der Waals surface area contributed by atoms with Crippen LogP contribution in [0.25, 0.3) is 0 Å². The average Bonchev–Trinajstić information content (AvgIpc) is 3.09. The summed E-state index contributed by atoms with van der Waals surface area (Å²) >= 11 is 0. The minimum absolute atomic E-state index is 0. The van der Waals surface area contributed by atoms with Gasteiger partial charge in [-0.3, -0.25) is 0 Å². The molecule has 4 aliphatic rings. The number of hydrogen-bond acceptors (Lipinski definition) is 0. The Morgan fingerprint density at radius 3 is 1.39 bits per heavy atom. The summed E-state index contributed by atoms with van der Waals surface area (Å²) in [5, 5.41) is 0. The van der Waals surface area contributed by atoms with Crippen molar-refractivity contribution in [3.63, 3.8) is 0 Å². The fourth-order valence-electron chi connectivity index (χ4n) is 5.23. The minimum Gasteiger partial charge on any atom is -0.358 e. The molecular weight excluding hydrogens is 312 g/mol. The van der Waals surface area contributed by atoms with Gasteiger partial charge < -0.3 is 14.9 Å². The van der Waals surface area contributed by atoms with E-state index in [-0.39, 0.29) is 36.6 Å². The van der Waals surface area contributed by atoms with E-state index in [1.165, 1.54) is 38.5 Å². The van der Waals surface area contributed by atoms with Crippen LogP contribution in [0, 0.1) is 50.4 Å². The van der Waals surface area contributed by atoms with E-state index in [1.807, 2.05) is 0 Å². The molecule has 0 aromatic heterocycles. The Kier molecular flexibility index (Phi) is 8.32. The third-order valence-electron chi connectivity index (χ3n) is 6.33. The van der Waals surface area contributed by atoms with Crippen molar-refractivity contribution >= 4 is 0 Å². The second kappa shape index (κ2) is 9.23. The normalized spacial score (nSPS) is 39.0. The molecule has 23 heavy (non-hydrogen) atoms. The second-order valence-corrected chi connectivity index (χ2v) is 7.27. The maximum absolute atomic E-state index is 2.49. The van der Waals surface area contributed by atoms with Gasteiger partial charge in [0.05, 0.1) is 0 Å². The largest absolute Gasteiger partial charge is 4.00 e. The fraction of sp³-hybridized carbons (Fsp3) is 0.545. The van der Waals surface area contributed by atoms with Gasteiger partial charge in [0.1, 0.15) is 0 Å². The molecule has 6 atom stereocenters. The summed E-state index contributed by atoms with van der Waals surface area (Å²) in [6.07, 6.45) is 27.6. The van der Waals surface area contributed by atoms with Gasteiger partial charge in [-0.25, -0.2) is 0 Å². The molecule has 0 aromatic carbocycles. The van der Waals surface area contributed by atoms with Gasteiger partial charge in [0, 0.05) is 0 Å². The summed E-state index contributed by atoms with van der Waals surface area (Å²) < 4.78 is 0. The third-order valence-corrected chi connectivity index (χ3v) is 6.33. The molecule has 0 bridgehead atoms. The van der Waals surface area contributed by atoms with Crippen LogP contribution in [0.2, 0.25) is 0 Å². The predicted octanol–water partition coefficient (Wildman–Crippen LogP) is 6.20. The van der Waals surface area contributed by atoms with Crippen LogP contribution in [0.4, 0.5) is 0 Å². The first kappa shape index (κ1) is 20.7. The molecule has 6 unspecified atom stereocenters. The van der Waals surface area contributed by atoms with Crippen molar-refractivity contribution in [1.82, 2.24) is 0 Å². The monoisotopic (exact) mass is 344 g/mol. The van der Waals surface area contributed by atoms with E-state index in [0.717, 1.165) is 35.5 Å². The average molecular weight is 344 g/mol. The van der Waals surface area contributed by atoms with Gasteiger partial charge in [-0.15, -0.1) is 0 Å². The van der Waals surface area contributed by atoms with Gasteiger partial charge in [-0.2, -0.15) is 0 Å². The van der Waals surface area contributed by atoms with Gasteiger partial charge in [0.2, 0.25) is 0 Å². The summed E-state index contributed by atoms with van der Waals surface area (Å²) in [5.41, 5.74) is 0. The van der Waals surface area contributed by atoms with E-state index in [2.05, 4.69) is 48.6 Å². The zero-order chi connectivity index (χ0) is 13.4. The van der Waals surface area contributed by atoms with Crippen LogP contribution in [0.5, 0.6) is 0 Å². The molecule has 122 valence electrons. The van der Waals surface area contributed by atoms with Crippen molar-refractivity contribution in [2.24, 2.45) is 35.5 Å². The molecule has 0 aliphatic heterocycles. The van der Waals surface area contributed by atoms with Crippen molar-refractivity contribution in [2.45, 2.75) is 38.5 Å². The summed E-state index contributed by atoms with van der Waals surface area (Å²) in [4.78, 5) is 0. The number of hydrogen-bond donors (Lipinski definition) is 0. The smallest absolute Gasteiger partial charge is 0.358 e. The molecule has 1 heteroatoms. The fourth-order valence-corrected chi connectivity index (χ4v) is 5.23. The van der Waals surface area contributed by atoms with E-state index >= 15 is 0 Å². The van der Waals surface area contributed by atoms with Gasteiger partial charge in [0.25, 0.3) is 0 Å². The van der Waals surface area contributed by atoms with Gasteiger partial charge in [-0.1, -0.05) is 48.6 Å². The van der Waals surface area contributed by atoms with Crippen LogP contribution < -0.4 is 0 Å². The Labute approximate surface area is 159 Å². The molecule has 0 heterocycles. The standard InChI is InChI=1S/C20H26.2CH3.Ti/c1-3-7-19-15(5-1)9-11-17(19)13-14-18-12-10-16-6-2-4-8-20(16)18;;;/h1-8,15-20H,9-14H2;2*1H3;/q;2*-1;+4. The van der Waals surface area contributed by atoms with Crippen molar-refractivity contribution in [3.05, 3.63) is 63.5 Å². The third kappa shape index (κ3) is 4.20. The van der Waals surface area contributed by atoms with E-state index in [1.54, 1.807) is 0 Å². The Bertz CT molecular complexity index is 426. The molecule has 2 fully saturated rings. The molecule has 0 saturated heterocycles. The number of fused-ring (bicyclic) bond motifs is 2. The van der Waals surface area contributed by atoms with Gasteiger partial charge >= 0.3 is 21.7 Å². The number of rotatable bonds is 3.